The van der Waals surface area contributed by atoms with Crippen LogP contribution in [0.15, 0.2) is 0 Å². The molecule has 0 aromatic carbocycles. The first-order valence-electron chi connectivity index (χ1n) is 9.48. The Morgan fingerprint density at radius 1 is 1.32 bits per heavy atom. The maximum absolute atomic E-state index is 10.9. The van der Waals surface area contributed by atoms with Gasteiger partial charge in [0.1, 0.15) is 27.4 Å². The largest absolute Gasteiger partial charge is 0.382 e. The second-order valence-corrected chi connectivity index (χ2v) is 10.8. The van der Waals surface area contributed by atoms with Crippen LogP contribution in [0.5, 0.6) is 0 Å². The third-order valence-corrected chi connectivity index (χ3v) is 7.21. The molecule has 2 aliphatic rings. The van der Waals surface area contributed by atoms with Crippen molar-refractivity contribution in [2.24, 2.45) is 5.73 Å². The van der Waals surface area contributed by atoms with Gasteiger partial charge in [0, 0.05) is 24.1 Å². The summed E-state index contributed by atoms with van der Waals surface area (Å²) in [4.78, 5) is 10.9. The highest BCUT2D eigenvalue weighted by Crippen LogP contribution is 2.48. The maximum atomic E-state index is 10.9. The summed E-state index contributed by atoms with van der Waals surface area (Å²) < 4.78 is 18.0. The van der Waals surface area contributed by atoms with E-state index < -0.39 is 12.2 Å². The molecule has 6 nitrogen and oxygen atoms in total. The van der Waals surface area contributed by atoms with Crippen molar-refractivity contribution in [1.82, 2.24) is 5.09 Å². The minimum Gasteiger partial charge on any atom is -0.382 e. The van der Waals surface area contributed by atoms with Crippen molar-refractivity contribution >= 4 is 34.1 Å². The van der Waals surface area contributed by atoms with Gasteiger partial charge in [-0.25, -0.2) is 5.09 Å². The van der Waals surface area contributed by atoms with E-state index in [-0.39, 0.29) is 36.3 Å². The molecule has 2 heterocycles. The number of ether oxygens (including phenoxy) is 2. The van der Waals surface area contributed by atoms with Gasteiger partial charge in [-0.1, -0.05) is 20.3 Å². The normalized spacial score (nSPS) is 40.7. The van der Waals surface area contributed by atoms with E-state index in [2.05, 4.69) is 19.9 Å². The highest BCUT2D eigenvalue weighted by molar-refractivity contribution is 8.08. The fraction of sp³-hybridized carbons (Fsp3) is 1.00. The summed E-state index contributed by atoms with van der Waals surface area (Å²) >= 11 is 5.46. The second-order valence-electron chi connectivity index (χ2n) is 7.79. The van der Waals surface area contributed by atoms with E-state index in [4.69, 9.17) is 31.5 Å². The van der Waals surface area contributed by atoms with Crippen LogP contribution in [0.25, 0.3) is 0 Å². The van der Waals surface area contributed by atoms with Gasteiger partial charge in [0.25, 0.3) is 6.64 Å². The molecule has 2 rings (SSSR count). The second kappa shape index (κ2) is 8.70. The predicted octanol–water partition coefficient (Wildman–Crippen LogP) is -0.0297. The number of nitrogens with one attached hydrogen (secondary N) is 1. The van der Waals surface area contributed by atoms with E-state index >= 15 is 0 Å². The quantitative estimate of drug-likeness (QED) is 0.397. The molecule has 4 unspecified atom stereocenters. The lowest BCUT2D eigenvalue weighted by Crippen LogP contribution is -2.50. The molecule has 2 fully saturated rings. The highest BCUT2D eigenvalue weighted by Gasteiger charge is 2.47. The van der Waals surface area contributed by atoms with Crippen molar-refractivity contribution in [1.29, 1.82) is 0 Å². The molecule has 0 amide bonds. The third kappa shape index (κ3) is 5.52. The van der Waals surface area contributed by atoms with Crippen LogP contribution in [-0.4, -0.2) is 62.5 Å². The third-order valence-electron chi connectivity index (χ3n) is 5.35. The molecule has 10 heteroatoms. The molecule has 0 aromatic rings. The summed E-state index contributed by atoms with van der Waals surface area (Å²) in [6.45, 7) is 2.88. The Hall–Kier alpha value is 0.540. The standard InChI is InChI=1S/C15H33B2N2O4PS/c1-4-6-11-10(8-13(17)21-11)19-24(20,25)23-15(3,5-2)14-9(18)7-12(16)22-14/h9-14H,4-8,16-18H2,1-3H3,(H2,19,20,25)/t9-,10-,11?,12-,13-,14?,15?,24?/m1/s1. The molecule has 0 aliphatic carbocycles. The van der Waals surface area contributed by atoms with E-state index in [1.54, 1.807) is 0 Å². The fourth-order valence-electron chi connectivity index (χ4n) is 3.99. The van der Waals surface area contributed by atoms with Gasteiger partial charge in [0.15, 0.2) is 0 Å². The van der Waals surface area contributed by atoms with E-state index in [0.29, 0.717) is 6.42 Å². The minimum absolute atomic E-state index is 0.0176. The van der Waals surface area contributed by atoms with Gasteiger partial charge >= 0.3 is 0 Å². The SMILES string of the molecule is B[C@H]1C[C@@H](NP(O)(=S)OC(C)(CC)C2O[C@@H](B)C[C@H]2N)C(CCC)O1. The molecule has 144 valence electrons. The van der Waals surface area contributed by atoms with Crippen LogP contribution >= 0.6 is 6.64 Å². The van der Waals surface area contributed by atoms with Crippen LogP contribution in [0.4, 0.5) is 0 Å². The Bertz CT molecular complexity index is 506. The Morgan fingerprint density at radius 2 is 1.96 bits per heavy atom. The van der Waals surface area contributed by atoms with Crippen LogP contribution in [0, 0.1) is 0 Å². The van der Waals surface area contributed by atoms with E-state index in [9.17, 15) is 4.89 Å². The van der Waals surface area contributed by atoms with Crippen LogP contribution < -0.4 is 10.8 Å². The molecular formula is C15H33B2N2O4PS. The summed E-state index contributed by atoms with van der Waals surface area (Å²) in [6.07, 6.45) is 4.04. The molecule has 0 aromatic heterocycles. The van der Waals surface area contributed by atoms with Gasteiger partial charge < -0.3 is 24.6 Å². The lowest BCUT2D eigenvalue weighted by Gasteiger charge is -2.39. The van der Waals surface area contributed by atoms with Gasteiger partial charge in [-0.15, -0.1) is 0 Å². The van der Waals surface area contributed by atoms with Crippen molar-refractivity contribution in [2.45, 2.75) is 94.8 Å². The first kappa shape index (κ1) is 21.8. The first-order valence-corrected chi connectivity index (χ1v) is 12.1. The molecule has 25 heavy (non-hydrogen) atoms. The molecule has 0 bridgehead atoms. The fourth-order valence-corrected chi connectivity index (χ4v) is 6.45. The average Bonchev–Trinajstić information content (AvgIpc) is 3.00. The monoisotopic (exact) mass is 390 g/mol. The highest BCUT2D eigenvalue weighted by atomic mass is 32.5. The number of rotatable bonds is 8. The molecule has 8 atom stereocenters. The Balaban J connectivity index is 2.06. The van der Waals surface area contributed by atoms with Crippen LogP contribution in [0.1, 0.15) is 52.9 Å². The van der Waals surface area contributed by atoms with E-state index in [1.165, 1.54) is 0 Å². The molecule has 2 aliphatic heterocycles. The van der Waals surface area contributed by atoms with Crippen LogP contribution in [0.2, 0.25) is 0 Å². The number of hydrogen-bond donors (Lipinski definition) is 3. The molecule has 4 N–H and O–H groups in total. The predicted molar refractivity (Wildman–Crippen MR) is 110 cm³/mol. The zero-order valence-electron chi connectivity index (χ0n) is 16.1. The van der Waals surface area contributed by atoms with Crippen molar-refractivity contribution < 1.29 is 18.9 Å². The maximum Gasteiger partial charge on any atom is 0.259 e. The molecule has 0 saturated carbocycles. The van der Waals surface area contributed by atoms with Crippen molar-refractivity contribution in [3.63, 3.8) is 0 Å². The lowest BCUT2D eigenvalue weighted by molar-refractivity contribution is -0.0700. The van der Waals surface area contributed by atoms with Crippen LogP contribution in [-0.2, 0) is 25.8 Å². The number of nitrogens with two attached hydrogens (primary N) is 1. The molecule has 0 radical (unpaired) electrons. The first-order chi connectivity index (χ1) is 11.6. The zero-order valence-corrected chi connectivity index (χ0v) is 17.8. The van der Waals surface area contributed by atoms with E-state index in [1.807, 2.05) is 21.7 Å². The molecular weight excluding hydrogens is 357 g/mol. The van der Waals surface area contributed by atoms with Gasteiger partial charge in [0.2, 0.25) is 0 Å². The average molecular weight is 390 g/mol. The number of hydrogen-bond acceptors (Lipinski definition) is 5. The summed E-state index contributed by atoms with van der Waals surface area (Å²) in [6, 6.07) is 0.160. The topological polar surface area (TPSA) is 86.0 Å². The van der Waals surface area contributed by atoms with Crippen molar-refractivity contribution in [3.8, 4) is 0 Å². The van der Waals surface area contributed by atoms with Crippen molar-refractivity contribution in [3.05, 3.63) is 0 Å². The Labute approximate surface area is 159 Å². The smallest absolute Gasteiger partial charge is 0.259 e. The minimum atomic E-state index is -3.20. The van der Waals surface area contributed by atoms with Gasteiger partial charge in [-0.05, 0) is 44.4 Å². The summed E-state index contributed by atoms with van der Waals surface area (Å²) in [5.41, 5.74) is 5.53. The summed E-state index contributed by atoms with van der Waals surface area (Å²) in [5, 5.41) is 3.20. The Kier molecular flexibility index (Phi) is 7.60. The van der Waals surface area contributed by atoms with Gasteiger partial charge in [0.05, 0.1) is 6.10 Å². The van der Waals surface area contributed by atoms with Gasteiger partial charge in [-0.2, -0.15) is 0 Å². The molecule has 2 saturated heterocycles. The van der Waals surface area contributed by atoms with Crippen LogP contribution in [0.3, 0.4) is 0 Å². The summed E-state index contributed by atoms with van der Waals surface area (Å²) in [7, 11) is 4.06. The lowest BCUT2D eigenvalue weighted by atomic mass is 9.89. The van der Waals surface area contributed by atoms with Crippen molar-refractivity contribution in [2.75, 3.05) is 0 Å². The Morgan fingerprint density at radius 3 is 2.48 bits per heavy atom. The molecule has 0 spiro atoms. The van der Waals surface area contributed by atoms with Gasteiger partial charge in [-0.3, -0.25) is 0 Å². The summed E-state index contributed by atoms with van der Waals surface area (Å²) in [5.74, 6) is 0. The van der Waals surface area contributed by atoms with E-state index in [0.717, 1.165) is 25.7 Å². The zero-order chi connectivity index (χ0) is 18.8.